The van der Waals surface area contributed by atoms with Crippen LogP contribution in [0, 0.1) is 0 Å². The van der Waals surface area contributed by atoms with E-state index in [-0.39, 0.29) is 18.3 Å². The van der Waals surface area contributed by atoms with Crippen LogP contribution in [0.4, 0.5) is 4.79 Å². The van der Waals surface area contributed by atoms with Gasteiger partial charge in [0.15, 0.2) is 5.82 Å². The van der Waals surface area contributed by atoms with Crippen LogP contribution in [0.25, 0.3) is 0 Å². The Bertz CT molecular complexity index is 559. The first-order chi connectivity index (χ1) is 8.71. The molecule has 1 aromatic rings. The molecule has 0 aromatic carbocycles. The Morgan fingerprint density at radius 3 is 2.32 bits per heavy atom. The van der Waals surface area contributed by atoms with Crippen molar-refractivity contribution in [1.29, 1.82) is 0 Å². The number of carbonyl (C=O) groups excluding carboxylic acids is 3. The molecule has 2 N–H and O–H groups in total. The van der Waals surface area contributed by atoms with E-state index in [9.17, 15) is 14.4 Å². The van der Waals surface area contributed by atoms with Crippen LogP contribution in [0.2, 0.25) is 0 Å². The van der Waals surface area contributed by atoms with Gasteiger partial charge in [-0.2, -0.15) is 4.98 Å². The molecule has 4 amide bonds. The maximum atomic E-state index is 11.6. The third kappa shape index (κ3) is 2.19. The topological polar surface area (TPSA) is 123 Å². The van der Waals surface area contributed by atoms with Gasteiger partial charge in [-0.3, -0.25) is 14.5 Å². The molecule has 0 unspecified atom stereocenters. The molecule has 2 rings (SSSR count). The molecule has 1 aromatic heterocycles. The predicted molar refractivity (Wildman–Crippen MR) is 60.2 cm³/mol. The standard InChI is InChI=1S/C10H13N5O4/c1-10(2,11)8-12-5(19-13-8)4-15-7(17)6(16)14(3)9(15)18/h4,11H2,1-3H3. The van der Waals surface area contributed by atoms with Crippen molar-refractivity contribution < 1.29 is 18.9 Å². The average Bonchev–Trinajstić information content (AvgIpc) is 2.86. The lowest BCUT2D eigenvalue weighted by Crippen LogP contribution is -2.32. The SMILES string of the molecule is CN1C(=O)C(=O)N(Cc2nc(C(C)(C)N)no2)C1=O. The van der Waals surface area contributed by atoms with E-state index in [1.165, 1.54) is 7.05 Å². The van der Waals surface area contributed by atoms with Gasteiger partial charge >= 0.3 is 17.8 Å². The van der Waals surface area contributed by atoms with Gasteiger partial charge in [0.05, 0.1) is 5.54 Å². The molecule has 1 saturated heterocycles. The fourth-order valence-corrected chi connectivity index (χ4v) is 1.47. The molecule has 0 bridgehead atoms. The smallest absolute Gasteiger partial charge is 0.334 e. The van der Waals surface area contributed by atoms with E-state index in [2.05, 4.69) is 10.1 Å². The summed E-state index contributed by atoms with van der Waals surface area (Å²) < 4.78 is 4.90. The summed E-state index contributed by atoms with van der Waals surface area (Å²) in [6.45, 7) is 3.12. The van der Waals surface area contributed by atoms with Gasteiger partial charge in [-0.15, -0.1) is 0 Å². The van der Waals surface area contributed by atoms with E-state index in [4.69, 9.17) is 10.3 Å². The number of carbonyl (C=O) groups is 3. The van der Waals surface area contributed by atoms with Crippen LogP contribution in [0.3, 0.4) is 0 Å². The van der Waals surface area contributed by atoms with Crippen molar-refractivity contribution in [3.8, 4) is 0 Å². The molecule has 0 atom stereocenters. The Balaban J connectivity index is 2.18. The normalized spacial score (nSPS) is 16.7. The van der Waals surface area contributed by atoms with Gasteiger partial charge < -0.3 is 10.3 Å². The van der Waals surface area contributed by atoms with Crippen molar-refractivity contribution in [2.45, 2.75) is 25.9 Å². The second-order valence-corrected chi connectivity index (χ2v) is 4.77. The summed E-state index contributed by atoms with van der Waals surface area (Å²) >= 11 is 0. The zero-order chi connectivity index (χ0) is 14.4. The molecular formula is C10H13N5O4. The molecule has 19 heavy (non-hydrogen) atoms. The molecular weight excluding hydrogens is 254 g/mol. The molecule has 0 radical (unpaired) electrons. The fraction of sp³-hybridized carbons (Fsp3) is 0.500. The van der Waals surface area contributed by atoms with Gasteiger partial charge in [-0.05, 0) is 13.8 Å². The van der Waals surface area contributed by atoms with Crippen molar-refractivity contribution in [3.05, 3.63) is 11.7 Å². The number of aromatic nitrogens is 2. The lowest BCUT2D eigenvalue weighted by molar-refractivity contribution is -0.143. The quantitative estimate of drug-likeness (QED) is 0.560. The number of hydrogen-bond donors (Lipinski definition) is 1. The Morgan fingerprint density at radius 2 is 1.89 bits per heavy atom. The summed E-state index contributed by atoms with van der Waals surface area (Å²) in [7, 11) is 1.23. The first-order valence-corrected chi connectivity index (χ1v) is 5.47. The van der Waals surface area contributed by atoms with Crippen molar-refractivity contribution in [1.82, 2.24) is 19.9 Å². The summed E-state index contributed by atoms with van der Waals surface area (Å²) in [4.78, 5) is 39.9. The highest BCUT2D eigenvalue weighted by Crippen LogP contribution is 2.16. The van der Waals surface area contributed by atoms with Crippen LogP contribution in [0.15, 0.2) is 4.52 Å². The molecule has 9 nitrogen and oxygen atoms in total. The highest BCUT2D eigenvalue weighted by molar-refractivity contribution is 6.44. The van der Waals surface area contributed by atoms with Crippen molar-refractivity contribution in [2.24, 2.45) is 5.73 Å². The van der Waals surface area contributed by atoms with E-state index in [1.54, 1.807) is 13.8 Å². The second kappa shape index (κ2) is 4.12. The fourth-order valence-electron chi connectivity index (χ4n) is 1.47. The van der Waals surface area contributed by atoms with Crippen LogP contribution in [0.5, 0.6) is 0 Å². The van der Waals surface area contributed by atoms with Crippen LogP contribution in [-0.4, -0.2) is 44.8 Å². The molecule has 1 aliphatic rings. The van der Waals surface area contributed by atoms with E-state index >= 15 is 0 Å². The number of imide groups is 2. The monoisotopic (exact) mass is 267 g/mol. The number of hydrogen-bond acceptors (Lipinski definition) is 7. The molecule has 2 heterocycles. The summed E-state index contributed by atoms with van der Waals surface area (Å²) in [5.74, 6) is -1.51. The lowest BCUT2D eigenvalue weighted by atomic mass is 10.1. The van der Waals surface area contributed by atoms with E-state index in [1.807, 2.05) is 0 Å². The third-order valence-corrected chi connectivity index (χ3v) is 2.59. The zero-order valence-electron chi connectivity index (χ0n) is 10.7. The minimum atomic E-state index is -0.917. The van der Waals surface area contributed by atoms with Gasteiger partial charge in [0.25, 0.3) is 0 Å². The Labute approximate surface area is 108 Å². The Morgan fingerprint density at radius 1 is 1.26 bits per heavy atom. The van der Waals surface area contributed by atoms with Gasteiger partial charge in [-0.25, -0.2) is 9.69 Å². The van der Waals surface area contributed by atoms with E-state index in [0.29, 0.717) is 0 Å². The van der Waals surface area contributed by atoms with Crippen LogP contribution in [0.1, 0.15) is 25.6 Å². The number of rotatable bonds is 3. The predicted octanol–water partition coefficient (Wildman–Crippen LogP) is -0.816. The highest BCUT2D eigenvalue weighted by Gasteiger charge is 2.43. The number of amides is 4. The summed E-state index contributed by atoms with van der Waals surface area (Å²) in [6, 6.07) is -0.721. The number of nitrogens with two attached hydrogens (primary N) is 1. The van der Waals surface area contributed by atoms with Gasteiger partial charge in [0, 0.05) is 7.05 Å². The van der Waals surface area contributed by atoms with Gasteiger partial charge in [-0.1, -0.05) is 5.16 Å². The minimum Gasteiger partial charge on any atom is -0.337 e. The van der Waals surface area contributed by atoms with Crippen LogP contribution in [-0.2, 0) is 21.7 Å². The maximum Gasteiger partial charge on any atom is 0.334 e. The van der Waals surface area contributed by atoms with Crippen molar-refractivity contribution in [2.75, 3.05) is 7.05 Å². The van der Waals surface area contributed by atoms with E-state index < -0.39 is 23.4 Å². The first kappa shape index (κ1) is 13.1. The molecule has 1 fully saturated rings. The number of nitrogens with zero attached hydrogens (tertiary/aromatic N) is 4. The summed E-state index contributed by atoms with van der Waals surface area (Å²) in [6.07, 6.45) is 0. The zero-order valence-corrected chi connectivity index (χ0v) is 10.7. The number of likely N-dealkylation sites (N-methyl/N-ethyl adjacent to an activating group) is 1. The van der Waals surface area contributed by atoms with E-state index in [0.717, 1.165) is 9.80 Å². The number of urea groups is 1. The third-order valence-electron chi connectivity index (χ3n) is 2.59. The van der Waals surface area contributed by atoms with Crippen LogP contribution < -0.4 is 5.73 Å². The average molecular weight is 267 g/mol. The molecule has 1 aliphatic heterocycles. The largest absolute Gasteiger partial charge is 0.337 e. The van der Waals surface area contributed by atoms with Crippen LogP contribution >= 0.6 is 0 Å². The summed E-state index contributed by atoms with van der Waals surface area (Å²) in [5, 5.41) is 3.66. The lowest BCUT2D eigenvalue weighted by Gasteiger charge is -2.11. The molecule has 102 valence electrons. The highest BCUT2D eigenvalue weighted by atomic mass is 16.5. The van der Waals surface area contributed by atoms with Gasteiger partial charge in [0.2, 0.25) is 5.89 Å². The van der Waals surface area contributed by atoms with Crippen molar-refractivity contribution in [3.63, 3.8) is 0 Å². The Kier molecular flexibility index (Phi) is 2.85. The molecule has 0 aliphatic carbocycles. The second-order valence-electron chi connectivity index (χ2n) is 4.77. The minimum absolute atomic E-state index is 0.0401. The van der Waals surface area contributed by atoms with Gasteiger partial charge in [0.1, 0.15) is 6.54 Å². The molecule has 0 saturated carbocycles. The summed E-state index contributed by atoms with van der Waals surface area (Å²) in [5.41, 5.74) is 4.98. The van der Waals surface area contributed by atoms with Crippen molar-refractivity contribution >= 4 is 17.8 Å². The maximum absolute atomic E-state index is 11.6. The first-order valence-electron chi connectivity index (χ1n) is 5.47. The molecule has 0 spiro atoms. The Hall–Kier alpha value is -2.29. The molecule has 9 heteroatoms.